The molecular formula is C11H20N2O4. The van der Waals surface area contributed by atoms with Gasteiger partial charge < -0.3 is 20.8 Å². The Balaban J connectivity index is 2.31. The molecule has 0 aromatic rings. The van der Waals surface area contributed by atoms with Crippen molar-refractivity contribution in [3.05, 3.63) is 0 Å². The number of aliphatic carboxylic acids is 1. The molecule has 1 aliphatic heterocycles. The molecule has 1 aliphatic rings. The summed E-state index contributed by atoms with van der Waals surface area (Å²) in [5, 5.41) is 23.4. The highest BCUT2D eigenvalue weighted by Crippen LogP contribution is 2.25. The minimum Gasteiger partial charge on any atom is -0.479 e. The Kier molecular flexibility index (Phi) is 4.89. The van der Waals surface area contributed by atoms with Gasteiger partial charge in [0.05, 0.1) is 5.41 Å². The highest BCUT2D eigenvalue weighted by molar-refractivity contribution is 5.82. The lowest BCUT2D eigenvalue weighted by Gasteiger charge is -2.32. The Morgan fingerprint density at radius 2 is 2.24 bits per heavy atom. The van der Waals surface area contributed by atoms with Crippen molar-refractivity contribution in [2.75, 3.05) is 19.6 Å². The summed E-state index contributed by atoms with van der Waals surface area (Å²) in [5.41, 5.74) is -0.424. The monoisotopic (exact) mass is 244 g/mol. The quantitative estimate of drug-likeness (QED) is 0.514. The van der Waals surface area contributed by atoms with Gasteiger partial charge in [0, 0.05) is 19.5 Å². The van der Waals surface area contributed by atoms with Gasteiger partial charge in [0.15, 0.2) is 6.10 Å². The predicted molar refractivity (Wildman–Crippen MR) is 61.5 cm³/mol. The van der Waals surface area contributed by atoms with E-state index in [0.29, 0.717) is 6.54 Å². The molecule has 6 nitrogen and oxygen atoms in total. The van der Waals surface area contributed by atoms with E-state index in [9.17, 15) is 9.59 Å². The van der Waals surface area contributed by atoms with Crippen LogP contribution >= 0.6 is 0 Å². The first-order valence-electron chi connectivity index (χ1n) is 5.85. The molecule has 0 saturated carbocycles. The Bertz CT molecular complexity index is 287. The maximum atomic E-state index is 11.9. The molecule has 17 heavy (non-hydrogen) atoms. The van der Waals surface area contributed by atoms with Gasteiger partial charge in [0.1, 0.15) is 0 Å². The number of aliphatic hydroxyl groups is 1. The number of amides is 1. The summed E-state index contributed by atoms with van der Waals surface area (Å²) in [4.78, 5) is 22.3. The number of carboxylic acids is 1. The van der Waals surface area contributed by atoms with Gasteiger partial charge >= 0.3 is 5.97 Å². The average Bonchev–Trinajstić information content (AvgIpc) is 2.29. The van der Waals surface area contributed by atoms with Gasteiger partial charge in [-0.2, -0.15) is 0 Å². The molecule has 0 aliphatic carbocycles. The van der Waals surface area contributed by atoms with Gasteiger partial charge in [-0.05, 0) is 26.3 Å². The van der Waals surface area contributed by atoms with Crippen molar-refractivity contribution in [3.63, 3.8) is 0 Å². The molecular weight excluding hydrogens is 224 g/mol. The summed E-state index contributed by atoms with van der Waals surface area (Å²) in [5.74, 6) is -1.34. The zero-order chi connectivity index (χ0) is 12.9. The van der Waals surface area contributed by atoms with E-state index in [4.69, 9.17) is 10.2 Å². The van der Waals surface area contributed by atoms with Crippen molar-refractivity contribution in [1.82, 2.24) is 10.6 Å². The molecule has 0 bridgehead atoms. The smallest absolute Gasteiger partial charge is 0.332 e. The highest BCUT2D eigenvalue weighted by atomic mass is 16.4. The van der Waals surface area contributed by atoms with Crippen LogP contribution in [-0.4, -0.2) is 47.8 Å². The van der Waals surface area contributed by atoms with E-state index in [0.717, 1.165) is 19.4 Å². The maximum absolute atomic E-state index is 11.9. The van der Waals surface area contributed by atoms with E-state index in [1.165, 1.54) is 0 Å². The zero-order valence-corrected chi connectivity index (χ0v) is 10.0. The standard InChI is InChI=1S/C11H20N2O4/c1-11(4-2-5-12-7-11)10(17)13-6-3-8(14)9(15)16/h8,12,14H,2-7H2,1H3,(H,13,17)(H,15,16). The lowest BCUT2D eigenvalue weighted by atomic mass is 9.82. The Morgan fingerprint density at radius 3 is 2.76 bits per heavy atom. The molecule has 0 radical (unpaired) electrons. The van der Waals surface area contributed by atoms with Crippen molar-refractivity contribution in [2.24, 2.45) is 5.41 Å². The van der Waals surface area contributed by atoms with E-state index in [2.05, 4.69) is 10.6 Å². The van der Waals surface area contributed by atoms with Crippen molar-refractivity contribution in [2.45, 2.75) is 32.3 Å². The van der Waals surface area contributed by atoms with Crippen LogP contribution in [0.25, 0.3) is 0 Å². The molecule has 2 unspecified atom stereocenters. The number of carbonyl (C=O) groups is 2. The molecule has 1 saturated heterocycles. The van der Waals surface area contributed by atoms with E-state index in [-0.39, 0.29) is 18.9 Å². The lowest BCUT2D eigenvalue weighted by molar-refractivity contribution is -0.147. The summed E-state index contributed by atoms with van der Waals surface area (Å²) in [6.45, 7) is 3.64. The van der Waals surface area contributed by atoms with Crippen molar-refractivity contribution in [1.29, 1.82) is 0 Å². The summed E-state index contributed by atoms with van der Waals surface area (Å²) in [6.07, 6.45) is 0.409. The van der Waals surface area contributed by atoms with Crippen molar-refractivity contribution < 1.29 is 19.8 Å². The molecule has 1 amide bonds. The average molecular weight is 244 g/mol. The molecule has 0 spiro atoms. The van der Waals surface area contributed by atoms with Crippen molar-refractivity contribution in [3.8, 4) is 0 Å². The number of carboxylic acid groups (broad SMARTS) is 1. The van der Waals surface area contributed by atoms with Crippen LogP contribution < -0.4 is 10.6 Å². The molecule has 4 N–H and O–H groups in total. The molecule has 0 aromatic heterocycles. The summed E-state index contributed by atoms with van der Waals surface area (Å²) >= 11 is 0. The van der Waals surface area contributed by atoms with Crippen LogP contribution in [0.15, 0.2) is 0 Å². The first kappa shape index (κ1) is 13.9. The predicted octanol–water partition coefficient (Wildman–Crippen LogP) is -0.672. The van der Waals surface area contributed by atoms with Crippen LogP contribution in [-0.2, 0) is 9.59 Å². The molecule has 6 heteroatoms. The fourth-order valence-electron chi connectivity index (χ4n) is 1.91. The summed E-state index contributed by atoms with van der Waals surface area (Å²) < 4.78 is 0. The van der Waals surface area contributed by atoms with Crippen molar-refractivity contribution >= 4 is 11.9 Å². The number of piperidine rings is 1. The molecule has 1 fully saturated rings. The minimum absolute atomic E-state index is 0.0323. The van der Waals surface area contributed by atoms with Crippen LogP contribution in [0.3, 0.4) is 0 Å². The first-order chi connectivity index (χ1) is 7.96. The van der Waals surface area contributed by atoms with Crippen LogP contribution in [0.4, 0.5) is 0 Å². The van der Waals surface area contributed by atoms with Crippen LogP contribution in [0.2, 0.25) is 0 Å². The normalized spacial score (nSPS) is 26.2. The van der Waals surface area contributed by atoms with Gasteiger partial charge in [0.2, 0.25) is 5.91 Å². The van der Waals surface area contributed by atoms with Gasteiger partial charge in [-0.1, -0.05) is 0 Å². The van der Waals surface area contributed by atoms with Gasteiger partial charge in [-0.25, -0.2) is 4.79 Å². The zero-order valence-electron chi connectivity index (χ0n) is 10.0. The Labute approximate surface area is 100 Å². The van der Waals surface area contributed by atoms with Gasteiger partial charge in [-0.3, -0.25) is 4.79 Å². The second kappa shape index (κ2) is 5.97. The number of hydrogen-bond donors (Lipinski definition) is 4. The molecule has 2 atom stereocenters. The Hall–Kier alpha value is -1.14. The van der Waals surface area contributed by atoms with E-state index < -0.39 is 17.5 Å². The number of rotatable bonds is 5. The first-order valence-corrected chi connectivity index (χ1v) is 5.85. The van der Waals surface area contributed by atoms with E-state index in [1.54, 1.807) is 0 Å². The lowest BCUT2D eigenvalue weighted by Crippen LogP contribution is -2.49. The third-order valence-corrected chi connectivity index (χ3v) is 3.13. The second-order valence-electron chi connectivity index (χ2n) is 4.74. The summed E-state index contributed by atoms with van der Waals surface area (Å²) in [7, 11) is 0. The van der Waals surface area contributed by atoms with E-state index >= 15 is 0 Å². The Morgan fingerprint density at radius 1 is 1.53 bits per heavy atom. The van der Waals surface area contributed by atoms with Gasteiger partial charge in [-0.15, -0.1) is 0 Å². The third-order valence-electron chi connectivity index (χ3n) is 3.13. The maximum Gasteiger partial charge on any atom is 0.332 e. The van der Waals surface area contributed by atoms with Crippen LogP contribution in [0, 0.1) is 5.41 Å². The molecule has 1 heterocycles. The number of carbonyl (C=O) groups excluding carboxylic acids is 1. The fraction of sp³-hybridized carbons (Fsp3) is 0.818. The van der Waals surface area contributed by atoms with Crippen LogP contribution in [0.1, 0.15) is 26.2 Å². The fourth-order valence-corrected chi connectivity index (χ4v) is 1.91. The summed E-state index contributed by atoms with van der Waals surface area (Å²) in [6, 6.07) is 0. The third kappa shape index (κ3) is 3.98. The largest absolute Gasteiger partial charge is 0.479 e. The SMILES string of the molecule is CC1(C(=O)NCCC(O)C(=O)O)CCCNC1. The number of aliphatic hydroxyl groups excluding tert-OH is 1. The highest BCUT2D eigenvalue weighted by Gasteiger charge is 2.34. The van der Waals surface area contributed by atoms with Crippen LogP contribution in [0.5, 0.6) is 0 Å². The topological polar surface area (TPSA) is 98.7 Å². The minimum atomic E-state index is -1.41. The van der Waals surface area contributed by atoms with Gasteiger partial charge in [0.25, 0.3) is 0 Å². The number of hydrogen-bond acceptors (Lipinski definition) is 4. The molecule has 1 rings (SSSR count). The molecule has 98 valence electrons. The van der Waals surface area contributed by atoms with E-state index in [1.807, 2.05) is 6.92 Å². The second-order valence-corrected chi connectivity index (χ2v) is 4.74. The molecule has 0 aromatic carbocycles. The number of nitrogens with one attached hydrogen (secondary N) is 2.